The van der Waals surface area contributed by atoms with E-state index < -0.39 is 0 Å². The van der Waals surface area contributed by atoms with Crippen LogP contribution in [0.25, 0.3) is 0 Å². The fourth-order valence-corrected chi connectivity index (χ4v) is 1.92. The van der Waals surface area contributed by atoms with Crippen molar-refractivity contribution in [2.24, 2.45) is 22.9 Å². The van der Waals surface area contributed by atoms with E-state index >= 15 is 0 Å². The van der Waals surface area contributed by atoms with Crippen LogP contribution in [-0.4, -0.2) is 78.5 Å². The van der Waals surface area contributed by atoms with E-state index in [1.807, 2.05) is 0 Å². The molecule has 0 aliphatic rings. The number of nitrogens with two attached hydrogens (primary N) is 4. The highest BCUT2D eigenvalue weighted by atomic mass is 14.9. The summed E-state index contributed by atoms with van der Waals surface area (Å²) in [4.78, 5) is 0. The zero-order chi connectivity index (χ0) is 18.8. The van der Waals surface area contributed by atoms with Crippen LogP contribution in [0.3, 0.4) is 0 Å². The standard InChI is InChI=1S/C9H24N4.C8H22N4/c10-4-1-6-12-8-3-9-13-7-2-5-11;9-3-1-5-11-7-8-12-6-2-4-10/h12-13H,1-11H2;11-12H,1-10H2. The SMILES string of the molecule is NCCCNCCCNCCCN.NCCCNCCNCCCN. The van der Waals surface area contributed by atoms with Gasteiger partial charge in [-0.3, -0.25) is 0 Å². The lowest BCUT2D eigenvalue weighted by Crippen LogP contribution is -2.29. The van der Waals surface area contributed by atoms with Crippen molar-refractivity contribution in [2.45, 2.75) is 32.1 Å². The van der Waals surface area contributed by atoms with Gasteiger partial charge >= 0.3 is 0 Å². The van der Waals surface area contributed by atoms with Gasteiger partial charge in [0.25, 0.3) is 0 Å². The molecule has 0 saturated heterocycles. The van der Waals surface area contributed by atoms with Gasteiger partial charge < -0.3 is 44.2 Å². The van der Waals surface area contributed by atoms with Crippen molar-refractivity contribution < 1.29 is 0 Å². The van der Waals surface area contributed by atoms with Crippen molar-refractivity contribution in [3.05, 3.63) is 0 Å². The number of nitrogens with one attached hydrogen (secondary N) is 4. The molecule has 0 aliphatic heterocycles. The predicted molar refractivity (Wildman–Crippen MR) is 111 cm³/mol. The Morgan fingerprint density at radius 3 is 0.840 bits per heavy atom. The van der Waals surface area contributed by atoms with Crippen molar-refractivity contribution in [3.8, 4) is 0 Å². The maximum absolute atomic E-state index is 5.36. The zero-order valence-corrected chi connectivity index (χ0v) is 16.3. The summed E-state index contributed by atoms with van der Waals surface area (Å²) in [6, 6.07) is 0. The molecule has 25 heavy (non-hydrogen) atoms. The smallest absolute Gasteiger partial charge is 0.00767 e. The van der Waals surface area contributed by atoms with Crippen LogP contribution in [0.2, 0.25) is 0 Å². The van der Waals surface area contributed by atoms with Gasteiger partial charge in [0, 0.05) is 13.1 Å². The molecular weight excluding hydrogens is 316 g/mol. The molecule has 154 valence electrons. The summed E-state index contributed by atoms with van der Waals surface area (Å²) in [5.41, 5.74) is 21.4. The van der Waals surface area contributed by atoms with Gasteiger partial charge in [-0.1, -0.05) is 0 Å². The molecule has 0 atom stereocenters. The molecule has 12 N–H and O–H groups in total. The van der Waals surface area contributed by atoms with E-state index in [4.69, 9.17) is 22.9 Å². The van der Waals surface area contributed by atoms with E-state index in [0.29, 0.717) is 0 Å². The second kappa shape index (κ2) is 28.5. The first-order valence-corrected chi connectivity index (χ1v) is 9.96. The van der Waals surface area contributed by atoms with Crippen LogP contribution < -0.4 is 44.2 Å². The van der Waals surface area contributed by atoms with Gasteiger partial charge in [0.2, 0.25) is 0 Å². The van der Waals surface area contributed by atoms with Crippen LogP contribution in [0, 0.1) is 0 Å². The van der Waals surface area contributed by atoms with Crippen molar-refractivity contribution >= 4 is 0 Å². The highest BCUT2D eigenvalue weighted by molar-refractivity contribution is 4.53. The van der Waals surface area contributed by atoms with E-state index in [9.17, 15) is 0 Å². The molecule has 0 aromatic rings. The first-order valence-electron chi connectivity index (χ1n) is 9.96. The largest absolute Gasteiger partial charge is 0.330 e. The Morgan fingerprint density at radius 2 is 0.560 bits per heavy atom. The Balaban J connectivity index is 0. The molecule has 0 rings (SSSR count). The van der Waals surface area contributed by atoms with E-state index in [1.54, 1.807) is 0 Å². The molecule has 8 nitrogen and oxygen atoms in total. The van der Waals surface area contributed by atoms with Crippen LogP contribution in [0.1, 0.15) is 32.1 Å². The topological polar surface area (TPSA) is 152 Å². The van der Waals surface area contributed by atoms with Gasteiger partial charge in [-0.25, -0.2) is 0 Å². The van der Waals surface area contributed by atoms with Crippen LogP contribution in [0.4, 0.5) is 0 Å². The fourth-order valence-electron chi connectivity index (χ4n) is 1.92. The Morgan fingerprint density at radius 1 is 0.320 bits per heavy atom. The highest BCUT2D eigenvalue weighted by Gasteiger charge is 1.88. The lowest BCUT2D eigenvalue weighted by molar-refractivity contribution is 0.579. The van der Waals surface area contributed by atoms with Crippen molar-refractivity contribution in [1.82, 2.24) is 21.3 Å². The fraction of sp³-hybridized carbons (Fsp3) is 1.00. The first-order chi connectivity index (χ1) is 12.3. The summed E-state index contributed by atoms with van der Waals surface area (Å²) in [6.07, 6.45) is 5.43. The maximum Gasteiger partial charge on any atom is 0.00767 e. The summed E-state index contributed by atoms with van der Waals surface area (Å²) in [5.74, 6) is 0. The van der Waals surface area contributed by atoms with Gasteiger partial charge in [-0.15, -0.1) is 0 Å². The molecule has 0 aromatic carbocycles. The van der Waals surface area contributed by atoms with E-state index in [-0.39, 0.29) is 0 Å². The van der Waals surface area contributed by atoms with Gasteiger partial charge in [0.1, 0.15) is 0 Å². The van der Waals surface area contributed by atoms with Crippen LogP contribution >= 0.6 is 0 Å². The number of hydrogen-bond donors (Lipinski definition) is 8. The Labute approximate surface area is 155 Å². The number of rotatable bonds is 19. The Hall–Kier alpha value is -0.320. The summed E-state index contributed by atoms with van der Waals surface area (Å²) >= 11 is 0. The minimum absolute atomic E-state index is 0.771. The zero-order valence-electron chi connectivity index (χ0n) is 16.3. The van der Waals surface area contributed by atoms with Crippen molar-refractivity contribution in [3.63, 3.8) is 0 Å². The van der Waals surface area contributed by atoms with Gasteiger partial charge in [-0.05, 0) is 97.6 Å². The number of hydrogen-bond acceptors (Lipinski definition) is 8. The lowest BCUT2D eigenvalue weighted by atomic mass is 10.3. The van der Waals surface area contributed by atoms with Crippen LogP contribution in [0.15, 0.2) is 0 Å². The van der Waals surface area contributed by atoms with E-state index in [0.717, 1.165) is 104 Å². The van der Waals surface area contributed by atoms with Gasteiger partial charge in [0.05, 0.1) is 0 Å². The van der Waals surface area contributed by atoms with Gasteiger partial charge in [0.15, 0.2) is 0 Å². The summed E-state index contributed by atoms with van der Waals surface area (Å²) < 4.78 is 0. The quantitative estimate of drug-likeness (QED) is 0.124. The Kier molecular flexibility index (Phi) is 30.7. The van der Waals surface area contributed by atoms with Gasteiger partial charge in [-0.2, -0.15) is 0 Å². The molecule has 0 saturated carbocycles. The average molecular weight is 363 g/mol. The molecular formula is C17H46N8. The maximum atomic E-state index is 5.36. The minimum atomic E-state index is 0.771. The average Bonchev–Trinajstić information content (AvgIpc) is 2.63. The minimum Gasteiger partial charge on any atom is -0.330 e. The van der Waals surface area contributed by atoms with E-state index in [1.165, 1.54) is 6.42 Å². The molecule has 0 heterocycles. The molecule has 0 aliphatic carbocycles. The third-order valence-electron chi connectivity index (χ3n) is 3.42. The molecule has 8 heteroatoms. The van der Waals surface area contributed by atoms with E-state index in [2.05, 4.69) is 21.3 Å². The molecule has 0 spiro atoms. The summed E-state index contributed by atoms with van der Waals surface area (Å²) in [5, 5.41) is 13.2. The molecule has 0 amide bonds. The molecule has 0 radical (unpaired) electrons. The third kappa shape index (κ3) is 31.9. The second-order valence-corrected chi connectivity index (χ2v) is 5.92. The second-order valence-electron chi connectivity index (χ2n) is 5.92. The Bertz CT molecular complexity index is 187. The summed E-state index contributed by atoms with van der Waals surface area (Å²) in [7, 11) is 0. The van der Waals surface area contributed by atoms with Crippen molar-refractivity contribution in [1.29, 1.82) is 0 Å². The third-order valence-corrected chi connectivity index (χ3v) is 3.42. The predicted octanol–water partition coefficient (Wildman–Crippen LogP) is -1.88. The molecule has 0 aromatic heterocycles. The molecule has 0 unspecified atom stereocenters. The highest BCUT2D eigenvalue weighted by Crippen LogP contribution is 1.76. The van der Waals surface area contributed by atoms with Crippen LogP contribution in [0.5, 0.6) is 0 Å². The molecule has 0 fully saturated rings. The summed E-state index contributed by atoms with van der Waals surface area (Å²) in [6.45, 7) is 11.4. The van der Waals surface area contributed by atoms with Crippen molar-refractivity contribution in [2.75, 3.05) is 78.5 Å². The lowest BCUT2D eigenvalue weighted by Gasteiger charge is -2.04. The normalized spacial score (nSPS) is 10.6. The monoisotopic (exact) mass is 362 g/mol. The molecule has 0 bridgehead atoms. The first kappa shape index (κ1) is 26.9. The van der Waals surface area contributed by atoms with Crippen LogP contribution in [-0.2, 0) is 0 Å².